The molecule has 0 aliphatic carbocycles. The summed E-state index contributed by atoms with van der Waals surface area (Å²) in [5.74, 6) is 0.762. The molecular formula is C15H16N4O2S. The molecule has 0 fully saturated rings. The fourth-order valence-electron chi connectivity index (χ4n) is 1.98. The van der Waals surface area contributed by atoms with Gasteiger partial charge in [-0.3, -0.25) is 0 Å². The van der Waals surface area contributed by atoms with Crippen molar-refractivity contribution in [1.29, 1.82) is 0 Å². The molecule has 0 aliphatic rings. The van der Waals surface area contributed by atoms with Gasteiger partial charge in [-0.25, -0.2) is 4.98 Å². The highest BCUT2D eigenvalue weighted by Crippen LogP contribution is 2.20. The summed E-state index contributed by atoms with van der Waals surface area (Å²) < 4.78 is 7.40. The number of nitrogens with zero attached hydrogens (tertiary/aromatic N) is 4. The fraction of sp³-hybridized carbons (Fsp3) is 0.267. The second kappa shape index (κ2) is 6.25. The molecule has 1 N–H and O–H groups in total. The van der Waals surface area contributed by atoms with Crippen LogP contribution in [0.3, 0.4) is 0 Å². The van der Waals surface area contributed by atoms with Crippen molar-refractivity contribution in [3.05, 3.63) is 52.3 Å². The van der Waals surface area contributed by atoms with Crippen molar-refractivity contribution in [3.63, 3.8) is 0 Å². The molecule has 114 valence electrons. The van der Waals surface area contributed by atoms with Gasteiger partial charge in [-0.2, -0.15) is 4.68 Å². The molecule has 6 nitrogen and oxygen atoms in total. The summed E-state index contributed by atoms with van der Waals surface area (Å²) in [6.45, 7) is 4.03. The molecule has 0 unspecified atom stereocenters. The van der Waals surface area contributed by atoms with Crippen LogP contribution >= 0.6 is 11.3 Å². The van der Waals surface area contributed by atoms with Gasteiger partial charge >= 0.3 is 0 Å². The first kappa shape index (κ1) is 14.7. The number of ether oxygens (including phenoxy) is 1. The lowest BCUT2D eigenvalue weighted by Crippen LogP contribution is -2.07. The highest BCUT2D eigenvalue weighted by Gasteiger charge is 2.16. The quantitative estimate of drug-likeness (QED) is 0.782. The van der Waals surface area contributed by atoms with Crippen molar-refractivity contribution in [2.24, 2.45) is 0 Å². The Morgan fingerprint density at radius 2 is 2.00 bits per heavy atom. The van der Waals surface area contributed by atoms with E-state index in [0.29, 0.717) is 16.5 Å². The first-order valence-electron chi connectivity index (χ1n) is 6.83. The predicted molar refractivity (Wildman–Crippen MR) is 83.2 cm³/mol. The van der Waals surface area contributed by atoms with Gasteiger partial charge in [0.15, 0.2) is 0 Å². The monoisotopic (exact) mass is 316 g/mol. The zero-order chi connectivity index (χ0) is 15.5. The van der Waals surface area contributed by atoms with Crippen LogP contribution in [0.5, 0.6) is 5.75 Å². The Morgan fingerprint density at radius 3 is 2.64 bits per heavy atom. The minimum atomic E-state index is -0.184. The van der Waals surface area contributed by atoms with Crippen molar-refractivity contribution < 1.29 is 9.84 Å². The molecule has 0 spiro atoms. The van der Waals surface area contributed by atoms with Gasteiger partial charge in [0.2, 0.25) is 5.13 Å². The Morgan fingerprint density at radius 1 is 1.23 bits per heavy atom. The smallest absolute Gasteiger partial charge is 0.212 e. The number of hydrogen-bond donors (Lipinski definition) is 1. The number of thiazole rings is 1. The fourth-order valence-corrected chi connectivity index (χ4v) is 2.75. The van der Waals surface area contributed by atoms with Crippen LogP contribution in [0.15, 0.2) is 29.6 Å². The minimum absolute atomic E-state index is 0.184. The van der Waals surface area contributed by atoms with Crippen LogP contribution in [-0.2, 0) is 13.2 Å². The maximum absolute atomic E-state index is 9.43. The summed E-state index contributed by atoms with van der Waals surface area (Å²) in [6.07, 6.45) is 0. The van der Waals surface area contributed by atoms with E-state index in [4.69, 9.17) is 4.74 Å². The molecule has 2 heterocycles. The zero-order valence-electron chi connectivity index (χ0n) is 12.4. The van der Waals surface area contributed by atoms with E-state index in [1.807, 2.05) is 43.5 Å². The van der Waals surface area contributed by atoms with E-state index >= 15 is 0 Å². The molecule has 0 saturated heterocycles. The normalized spacial score (nSPS) is 10.9. The SMILES string of the molecule is Cc1ccc(OCc2c(CO)nnn2-c2nc(C)cs2)cc1. The molecule has 3 rings (SSSR count). The predicted octanol–water partition coefficient (Wildman–Crippen LogP) is 2.41. The zero-order valence-corrected chi connectivity index (χ0v) is 13.2. The number of aliphatic hydroxyl groups is 1. The lowest BCUT2D eigenvalue weighted by Gasteiger charge is -2.08. The van der Waals surface area contributed by atoms with Crippen LogP contribution in [-0.4, -0.2) is 25.1 Å². The Labute approximate surface area is 132 Å². The van der Waals surface area contributed by atoms with Gasteiger partial charge in [-0.05, 0) is 26.0 Å². The van der Waals surface area contributed by atoms with Gasteiger partial charge in [0.05, 0.1) is 12.3 Å². The van der Waals surface area contributed by atoms with E-state index in [-0.39, 0.29) is 13.2 Å². The summed E-state index contributed by atoms with van der Waals surface area (Å²) in [4.78, 5) is 4.40. The van der Waals surface area contributed by atoms with E-state index in [1.165, 1.54) is 16.9 Å². The number of benzene rings is 1. The van der Waals surface area contributed by atoms with E-state index < -0.39 is 0 Å². The number of aromatic nitrogens is 4. The number of aliphatic hydroxyl groups excluding tert-OH is 1. The van der Waals surface area contributed by atoms with Crippen LogP contribution in [0.25, 0.3) is 5.13 Å². The standard InChI is InChI=1S/C15H16N4O2S/c1-10-3-5-12(6-4-10)21-8-14-13(7-20)17-18-19(14)15-16-11(2)9-22-15/h3-6,9,20H,7-8H2,1-2H3. The van der Waals surface area contributed by atoms with Crippen LogP contribution in [0.4, 0.5) is 0 Å². The van der Waals surface area contributed by atoms with E-state index in [9.17, 15) is 5.11 Å². The third-order valence-corrected chi connectivity index (χ3v) is 4.11. The van der Waals surface area contributed by atoms with Crippen molar-refractivity contribution in [2.75, 3.05) is 0 Å². The van der Waals surface area contributed by atoms with Gasteiger partial charge < -0.3 is 9.84 Å². The molecule has 2 aromatic heterocycles. The minimum Gasteiger partial charge on any atom is -0.487 e. The third-order valence-electron chi connectivity index (χ3n) is 3.18. The van der Waals surface area contributed by atoms with Crippen molar-refractivity contribution >= 4 is 11.3 Å². The summed E-state index contributed by atoms with van der Waals surface area (Å²) in [6, 6.07) is 7.80. The molecule has 7 heteroatoms. The Balaban J connectivity index is 1.85. The lowest BCUT2D eigenvalue weighted by atomic mass is 10.2. The van der Waals surface area contributed by atoms with Crippen LogP contribution in [0.2, 0.25) is 0 Å². The highest BCUT2D eigenvalue weighted by atomic mass is 32.1. The summed E-state index contributed by atoms with van der Waals surface area (Å²) in [7, 11) is 0. The summed E-state index contributed by atoms with van der Waals surface area (Å²) in [5, 5.41) is 20.2. The molecule has 0 atom stereocenters. The second-order valence-electron chi connectivity index (χ2n) is 4.93. The molecule has 0 saturated carbocycles. The van der Waals surface area contributed by atoms with Crippen molar-refractivity contribution in [3.8, 4) is 10.9 Å². The summed E-state index contributed by atoms with van der Waals surface area (Å²) >= 11 is 1.48. The molecule has 0 radical (unpaired) electrons. The molecule has 22 heavy (non-hydrogen) atoms. The van der Waals surface area contributed by atoms with Gasteiger partial charge in [-0.15, -0.1) is 16.4 Å². The first-order chi connectivity index (χ1) is 10.7. The highest BCUT2D eigenvalue weighted by molar-refractivity contribution is 7.12. The maximum Gasteiger partial charge on any atom is 0.212 e. The maximum atomic E-state index is 9.43. The number of rotatable bonds is 5. The van der Waals surface area contributed by atoms with E-state index in [0.717, 1.165) is 11.4 Å². The van der Waals surface area contributed by atoms with Crippen molar-refractivity contribution in [1.82, 2.24) is 20.0 Å². The Kier molecular flexibility index (Phi) is 4.17. The molecule has 0 bridgehead atoms. The average molecular weight is 316 g/mol. The van der Waals surface area contributed by atoms with Crippen LogP contribution < -0.4 is 4.74 Å². The average Bonchev–Trinajstić information content (AvgIpc) is 3.12. The Bertz CT molecular complexity index is 764. The van der Waals surface area contributed by atoms with Gasteiger partial charge in [0.25, 0.3) is 0 Å². The van der Waals surface area contributed by atoms with Crippen LogP contribution in [0, 0.1) is 13.8 Å². The number of aryl methyl sites for hydroxylation is 2. The molecule has 3 aromatic rings. The second-order valence-corrected chi connectivity index (χ2v) is 5.76. The number of hydrogen-bond acceptors (Lipinski definition) is 6. The summed E-state index contributed by atoms with van der Waals surface area (Å²) in [5.41, 5.74) is 3.30. The van der Waals surface area contributed by atoms with Gasteiger partial charge in [-0.1, -0.05) is 22.9 Å². The van der Waals surface area contributed by atoms with Gasteiger partial charge in [0.1, 0.15) is 23.7 Å². The molecule has 0 amide bonds. The third kappa shape index (κ3) is 3.00. The van der Waals surface area contributed by atoms with Gasteiger partial charge in [0, 0.05) is 5.38 Å². The van der Waals surface area contributed by atoms with Crippen molar-refractivity contribution in [2.45, 2.75) is 27.1 Å². The molecular weight excluding hydrogens is 300 g/mol. The molecule has 1 aromatic carbocycles. The molecule has 0 aliphatic heterocycles. The van der Waals surface area contributed by atoms with E-state index in [2.05, 4.69) is 15.3 Å². The van der Waals surface area contributed by atoms with Crippen LogP contribution in [0.1, 0.15) is 22.6 Å². The Hall–Kier alpha value is -2.25. The topological polar surface area (TPSA) is 73.1 Å². The largest absolute Gasteiger partial charge is 0.487 e. The first-order valence-corrected chi connectivity index (χ1v) is 7.71. The van der Waals surface area contributed by atoms with E-state index in [1.54, 1.807) is 4.68 Å². The lowest BCUT2D eigenvalue weighted by molar-refractivity contribution is 0.263.